The van der Waals surface area contributed by atoms with Crippen LogP contribution < -0.4 is 9.64 Å². The number of fused-ring (bicyclic) bond motifs is 2. The minimum Gasteiger partial charge on any atom is -0.496 e. The number of para-hydroxylation sites is 2. The summed E-state index contributed by atoms with van der Waals surface area (Å²) in [5, 5.41) is 9.98. The quantitative estimate of drug-likeness (QED) is 0.196. The first kappa shape index (κ1) is 19.9. The summed E-state index contributed by atoms with van der Waals surface area (Å²) in [5.74, 6) is 0.879. The first-order chi connectivity index (χ1) is 17.3. The lowest BCUT2D eigenvalue weighted by atomic mass is 9.88. The van der Waals surface area contributed by atoms with Crippen molar-refractivity contribution < 1.29 is 4.74 Å². The lowest BCUT2D eigenvalue weighted by Crippen LogP contribution is -2.11. The van der Waals surface area contributed by atoms with Gasteiger partial charge >= 0.3 is 0 Å². The fourth-order valence-electron chi connectivity index (χ4n) is 5.63. The van der Waals surface area contributed by atoms with E-state index in [-0.39, 0.29) is 0 Å². The Bertz CT molecular complexity index is 1780. The molecule has 0 bridgehead atoms. The highest BCUT2D eigenvalue weighted by atomic mass is 16.5. The van der Waals surface area contributed by atoms with Crippen molar-refractivity contribution in [1.29, 1.82) is 0 Å². The van der Waals surface area contributed by atoms with Crippen LogP contribution in [0.5, 0.6) is 5.75 Å². The summed E-state index contributed by atoms with van der Waals surface area (Å²) in [6.07, 6.45) is 0. The predicted octanol–water partition coefficient (Wildman–Crippen LogP) is 9.22. The predicted molar refractivity (Wildman–Crippen MR) is 149 cm³/mol. The Balaban J connectivity index is 1.74. The third kappa shape index (κ3) is 2.90. The number of nitrogens with zero attached hydrogens (tertiary/aromatic N) is 1. The Hall–Kier alpha value is -4.56. The monoisotopic (exact) mass is 449 g/mol. The molecular weight excluding hydrogens is 426 g/mol. The van der Waals surface area contributed by atoms with Gasteiger partial charge in [-0.1, -0.05) is 91.0 Å². The van der Waals surface area contributed by atoms with Gasteiger partial charge in [-0.15, -0.1) is 0 Å². The van der Waals surface area contributed by atoms with Gasteiger partial charge < -0.3 is 9.64 Å². The summed E-state index contributed by atoms with van der Waals surface area (Å²) in [7, 11) is 1.76. The minimum absolute atomic E-state index is 0.879. The summed E-state index contributed by atoms with van der Waals surface area (Å²) in [6.45, 7) is 0. The molecule has 0 aliphatic rings. The van der Waals surface area contributed by atoms with E-state index in [0.717, 1.165) is 28.2 Å². The second-order valence-electron chi connectivity index (χ2n) is 8.92. The molecule has 0 saturated carbocycles. The van der Waals surface area contributed by atoms with E-state index in [2.05, 4.69) is 126 Å². The summed E-state index contributed by atoms with van der Waals surface area (Å²) in [5.41, 5.74) is 3.33. The second-order valence-corrected chi connectivity index (χ2v) is 8.92. The molecule has 7 aromatic carbocycles. The molecular formula is C33H23NO. The van der Waals surface area contributed by atoms with Crippen LogP contribution >= 0.6 is 0 Å². The van der Waals surface area contributed by atoms with Crippen molar-refractivity contribution in [2.75, 3.05) is 12.0 Å². The molecule has 0 amide bonds. The molecule has 2 nitrogen and oxygen atoms in total. The van der Waals surface area contributed by atoms with Crippen LogP contribution in [-0.2, 0) is 0 Å². The number of ether oxygens (including phenoxy) is 1. The van der Waals surface area contributed by atoms with E-state index in [9.17, 15) is 0 Å². The Morgan fingerprint density at radius 1 is 0.486 bits per heavy atom. The van der Waals surface area contributed by atoms with E-state index in [0.29, 0.717) is 0 Å². The second kappa shape index (κ2) is 7.75. The van der Waals surface area contributed by atoms with Gasteiger partial charge in [-0.3, -0.25) is 0 Å². The Kier molecular flexibility index (Phi) is 4.40. The Morgan fingerprint density at radius 3 is 1.66 bits per heavy atom. The van der Waals surface area contributed by atoms with Crippen LogP contribution in [0.15, 0.2) is 121 Å². The van der Waals surface area contributed by atoms with Crippen molar-refractivity contribution in [3.63, 3.8) is 0 Å². The van der Waals surface area contributed by atoms with Crippen LogP contribution in [0.2, 0.25) is 0 Å². The van der Waals surface area contributed by atoms with Gasteiger partial charge in [-0.2, -0.15) is 0 Å². The average molecular weight is 450 g/mol. The van der Waals surface area contributed by atoms with Crippen molar-refractivity contribution in [3.8, 4) is 5.75 Å². The standard InChI is InChI=1S/C33H23NO/c1-35-30-21-29(34(23-13-4-2-5-14-23)24-15-6-3-7-16-24)33-28-20-9-12-22-11-8-17-25(31(22)28)26-18-10-19-27(30)32(26)33/h2-21H,1H3. The van der Waals surface area contributed by atoms with E-state index in [1.54, 1.807) is 7.11 Å². The van der Waals surface area contributed by atoms with Gasteiger partial charge in [0.15, 0.2) is 0 Å². The Labute approximate surface area is 203 Å². The molecule has 0 fully saturated rings. The molecule has 0 radical (unpaired) electrons. The maximum Gasteiger partial charge on any atom is 0.128 e. The number of hydrogen-bond donors (Lipinski definition) is 0. The third-order valence-corrected chi connectivity index (χ3v) is 7.06. The summed E-state index contributed by atoms with van der Waals surface area (Å²) in [4.78, 5) is 2.35. The molecule has 0 N–H and O–H groups in total. The zero-order valence-electron chi connectivity index (χ0n) is 19.4. The van der Waals surface area contributed by atoms with E-state index in [4.69, 9.17) is 4.74 Å². The third-order valence-electron chi connectivity index (χ3n) is 7.06. The maximum atomic E-state index is 6.00. The van der Waals surface area contributed by atoms with Crippen LogP contribution in [0.25, 0.3) is 43.1 Å². The van der Waals surface area contributed by atoms with Crippen molar-refractivity contribution in [2.45, 2.75) is 0 Å². The van der Waals surface area contributed by atoms with E-state index in [1.165, 1.54) is 37.7 Å². The highest BCUT2D eigenvalue weighted by Crippen LogP contribution is 2.49. The summed E-state index contributed by atoms with van der Waals surface area (Å²) < 4.78 is 6.00. The number of hydrogen-bond acceptors (Lipinski definition) is 2. The largest absolute Gasteiger partial charge is 0.496 e. The number of methoxy groups -OCH3 is 1. The van der Waals surface area contributed by atoms with E-state index >= 15 is 0 Å². The lowest BCUT2D eigenvalue weighted by molar-refractivity contribution is 0.420. The van der Waals surface area contributed by atoms with Crippen LogP contribution in [0.4, 0.5) is 17.1 Å². The Morgan fingerprint density at radius 2 is 1.03 bits per heavy atom. The van der Waals surface area contributed by atoms with Gasteiger partial charge in [0.25, 0.3) is 0 Å². The minimum atomic E-state index is 0.879. The molecule has 0 unspecified atom stereocenters. The van der Waals surface area contributed by atoms with E-state index in [1.807, 2.05) is 0 Å². The number of benzene rings is 7. The van der Waals surface area contributed by atoms with Crippen molar-refractivity contribution in [3.05, 3.63) is 121 Å². The van der Waals surface area contributed by atoms with Gasteiger partial charge in [0.2, 0.25) is 0 Å². The van der Waals surface area contributed by atoms with Gasteiger partial charge in [-0.25, -0.2) is 0 Å². The fraction of sp³-hybridized carbons (Fsp3) is 0.0303. The molecule has 0 saturated heterocycles. The molecule has 0 aromatic heterocycles. The van der Waals surface area contributed by atoms with Gasteiger partial charge in [0.1, 0.15) is 5.75 Å². The zero-order valence-corrected chi connectivity index (χ0v) is 19.4. The summed E-state index contributed by atoms with van der Waals surface area (Å²) >= 11 is 0. The number of anilines is 3. The topological polar surface area (TPSA) is 12.5 Å². The van der Waals surface area contributed by atoms with Crippen LogP contribution in [0, 0.1) is 0 Å². The van der Waals surface area contributed by atoms with Crippen molar-refractivity contribution in [2.24, 2.45) is 0 Å². The normalized spacial score (nSPS) is 11.6. The van der Waals surface area contributed by atoms with Crippen LogP contribution in [0.3, 0.4) is 0 Å². The van der Waals surface area contributed by atoms with Gasteiger partial charge in [-0.05, 0) is 51.2 Å². The molecule has 166 valence electrons. The lowest BCUT2D eigenvalue weighted by Gasteiger charge is -2.29. The molecule has 2 heteroatoms. The highest BCUT2D eigenvalue weighted by molar-refractivity contribution is 6.36. The highest BCUT2D eigenvalue weighted by Gasteiger charge is 2.22. The smallest absolute Gasteiger partial charge is 0.128 e. The molecule has 0 aliphatic carbocycles. The molecule has 7 aromatic rings. The average Bonchev–Trinajstić information content (AvgIpc) is 2.93. The van der Waals surface area contributed by atoms with Gasteiger partial charge in [0, 0.05) is 33.6 Å². The van der Waals surface area contributed by atoms with Crippen molar-refractivity contribution >= 4 is 60.2 Å². The molecule has 0 aliphatic heterocycles. The SMILES string of the molecule is COc1cc(N(c2ccccc2)c2ccccc2)c2c3cccc4cccc(c5cccc1c52)c43. The number of rotatable bonds is 4. The van der Waals surface area contributed by atoms with Crippen molar-refractivity contribution in [1.82, 2.24) is 0 Å². The molecule has 0 atom stereocenters. The molecule has 0 spiro atoms. The van der Waals surface area contributed by atoms with Gasteiger partial charge in [0.05, 0.1) is 12.8 Å². The van der Waals surface area contributed by atoms with Crippen LogP contribution in [-0.4, -0.2) is 7.11 Å². The zero-order chi connectivity index (χ0) is 23.4. The first-order valence-corrected chi connectivity index (χ1v) is 11.9. The maximum absolute atomic E-state index is 6.00. The first-order valence-electron chi connectivity index (χ1n) is 11.9. The molecule has 7 rings (SSSR count). The van der Waals surface area contributed by atoms with Crippen LogP contribution in [0.1, 0.15) is 0 Å². The summed E-state index contributed by atoms with van der Waals surface area (Å²) in [6, 6.07) is 43.2. The fourth-order valence-corrected chi connectivity index (χ4v) is 5.63. The molecule has 35 heavy (non-hydrogen) atoms. The molecule has 0 heterocycles. The van der Waals surface area contributed by atoms with E-state index < -0.39 is 0 Å².